The van der Waals surface area contributed by atoms with Gasteiger partial charge >= 0.3 is 11.7 Å². The number of amides is 3. The van der Waals surface area contributed by atoms with Crippen LogP contribution in [-0.2, 0) is 4.79 Å². The van der Waals surface area contributed by atoms with Crippen LogP contribution in [0.25, 0.3) is 5.70 Å². The normalized spacial score (nSPS) is 22.9. The van der Waals surface area contributed by atoms with Gasteiger partial charge in [0.2, 0.25) is 5.91 Å². The molecular weight excluding hydrogens is 496 g/mol. The number of carbonyl (C=O) groups excluding carboxylic acids is 2. The molecule has 2 fully saturated rings. The second kappa shape index (κ2) is 12.4. The molecule has 2 aliphatic heterocycles. The van der Waals surface area contributed by atoms with Gasteiger partial charge in [-0.3, -0.25) is 14.7 Å². The van der Waals surface area contributed by atoms with E-state index in [0.717, 1.165) is 51.1 Å². The molecule has 1 aliphatic carbocycles. The van der Waals surface area contributed by atoms with E-state index in [4.69, 9.17) is 11.5 Å². The van der Waals surface area contributed by atoms with E-state index in [1.165, 1.54) is 6.42 Å². The minimum absolute atomic E-state index is 0. The van der Waals surface area contributed by atoms with Gasteiger partial charge in [-0.15, -0.1) is 12.4 Å². The molecule has 0 aromatic carbocycles. The Bertz CT molecular complexity index is 1050. The van der Waals surface area contributed by atoms with Gasteiger partial charge in [0.15, 0.2) is 0 Å². The zero-order chi connectivity index (χ0) is 25.9. The first-order valence-corrected chi connectivity index (χ1v) is 13.0. The SMILES string of the molecule is CC(C)(N)C(=O)N1CCN(C(=O)Nc2ccn(C3=CC[C@H](CN4CCC(CN)C4)CC3)c(=O)n2)CC1.Cl. The van der Waals surface area contributed by atoms with Crippen molar-refractivity contribution >= 4 is 35.9 Å². The molecule has 0 radical (unpaired) electrons. The summed E-state index contributed by atoms with van der Waals surface area (Å²) < 4.78 is 1.57. The highest BCUT2D eigenvalue weighted by Gasteiger charge is 2.31. The second-order valence-corrected chi connectivity index (χ2v) is 10.9. The number of urea groups is 1. The molecule has 11 nitrogen and oxygen atoms in total. The summed E-state index contributed by atoms with van der Waals surface area (Å²) in [5, 5.41) is 2.71. The van der Waals surface area contributed by atoms with Crippen molar-refractivity contribution in [1.82, 2.24) is 24.3 Å². The van der Waals surface area contributed by atoms with E-state index in [0.29, 0.717) is 38.0 Å². The summed E-state index contributed by atoms with van der Waals surface area (Å²) in [5.74, 6) is 1.31. The number of rotatable bonds is 6. The van der Waals surface area contributed by atoms with Crippen molar-refractivity contribution in [2.45, 2.75) is 45.1 Å². The van der Waals surface area contributed by atoms with Crippen molar-refractivity contribution in [3.05, 3.63) is 28.8 Å². The highest BCUT2D eigenvalue weighted by Crippen LogP contribution is 2.28. The van der Waals surface area contributed by atoms with Crippen molar-refractivity contribution in [2.24, 2.45) is 23.3 Å². The van der Waals surface area contributed by atoms with E-state index < -0.39 is 11.2 Å². The second-order valence-electron chi connectivity index (χ2n) is 10.9. The highest BCUT2D eigenvalue weighted by atomic mass is 35.5. The van der Waals surface area contributed by atoms with Crippen LogP contribution in [-0.4, -0.2) is 94.1 Å². The molecule has 0 saturated carbocycles. The quantitative estimate of drug-likeness (QED) is 0.492. The number of aromatic nitrogens is 2. The Labute approximate surface area is 224 Å². The van der Waals surface area contributed by atoms with Crippen LogP contribution in [0.1, 0.15) is 39.5 Å². The predicted molar refractivity (Wildman–Crippen MR) is 146 cm³/mol. The number of likely N-dealkylation sites (tertiary alicyclic amines) is 1. The summed E-state index contributed by atoms with van der Waals surface area (Å²) in [6.45, 7) is 9.06. The molecule has 0 spiro atoms. The number of nitrogens with one attached hydrogen (secondary N) is 1. The molecule has 3 heterocycles. The molecule has 5 N–H and O–H groups in total. The fourth-order valence-electron chi connectivity index (χ4n) is 5.30. The molecule has 2 atom stereocenters. The van der Waals surface area contributed by atoms with Crippen molar-refractivity contribution in [3.8, 4) is 0 Å². The number of anilines is 1. The van der Waals surface area contributed by atoms with Crippen LogP contribution < -0.4 is 22.5 Å². The van der Waals surface area contributed by atoms with Crippen LogP contribution in [0.15, 0.2) is 23.1 Å². The first-order valence-electron chi connectivity index (χ1n) is 13.0. The van der Waals surface area contributed by atoms with E-state index in [-0.39, 0.29) is 30.2 Å². The average molecular weight is 537 g/mol. The van der Waals surface area contributed by atoms with Gasteiger partial charge in [0.25, 0.3) is 0 Å². The Morgan fingerprint density at radius 1 is 1.11 bits per heavy atom. The summed E-state index contributed by atoms with van der Waals surface area (Å²) in [4.78, 5) is 47.6. The zero-order valence-electron chi connectivity index (χ0n) is 21.9. The van der Waals surface area contributed by atoms with Gasteiger partial charge in [-0.25, -0.2) is 9.59 Å². The number of nitrogens with two attached hydrogens (primary N) is 2. The maximum atomic E-state index is 12.7. The van der Waals surface area contributed by atoms with Crippen molar-refractivity contribution in [1.29, 1.82) is 0 Å². The highest BCUT2D eigenvalue weighted by molar-refractivity contribution is 5.89. The van der Waals surface area contributed by atoms with Gasteiger partial charge in [-0.2, -0.15) is 4.98 Å². The molecular formula is C25H41ClN8O3. The monoisotopic (exact) mass is 536 g/mol. The molecule has 4 rings (SSSR count). The molecule has 1 aromatic heterocycles. The third-order valence-electron chi connectivity index (χ3n) is 7.47. The minimum Gasteiger partial charge on any atom is -0.338 e. The van der Waals surface area contributed by atoms with Crippen LogP contribution >= 0.6 is 12.4 Å². The van der Waals surface area contributed by atoms with Crippen LogP contribution in [0.5, 0.6) is 0 Å². The van der Waals surface area contributed by atoms with E-state index >= 15 is 0 Å². The van der Waals surface area contributed by atoms with Crippen molar-refractivity contribution in [3.63, 3.8) is 0 Å². The number of nitrogens with zero attached hydrogens (tertiary/aromatic N) is 5. The summed E-state index contributed by atoms with van der Waals surface area (Å²) in [7, 11) is 0. The Morgan fingerprint density at radius 3 is 2.38 bits per heavy atom. The lowest BCUT2D eigenvalue weighted by Gasteiger charge is -2.37. The molecule has 3 amide bonds. The van der Waals surface area contributed by atoms with Crippen molar-refractivity contribution < 1.29 is 9.59 Å². The fraction of sp³-hybridized carbons (Fsp3) is 0.680. The Hall–Kier alpha value is -2.47. The fourth-order valence-corrected chi connectivity index (χ4v) is 5.30. The topological polar surface area (TPSA) is 143 Å². The zero-order valence-corrected chi connectivity index (χ0v) is 22.7. The largest absolute Gasteiger partial charge is 0.353 e. The lowest BCUT2D eigenvalue weighted by Crippen LogP contribution is -2.58. The lowest BCUT2D eigenvalue weighted by molar-refractivity contribution is -0.137. The summed E-state index contributed by atoms with van der Waals surface area (Å²) in [6.07, 6.45) is 7.83. The van der Waals surface area contributed by atoms with E-state index in [2.05, 4.69) is 21.3 Å². The Kier molecular flexibility index (Phi) is 9.74. The standard InChI is InChI=1S/C25H40N8O3.ClH/c1-25(2,27)22(34)31-11-13-32(14-12-31)23(35)28-21-8-10-33(24(36)29-21)20-5-3-18(4-6-20)16-30-9-7-19(15-26)17-30;/h5,8,10,18-19H,3-4,6-7,9,11-17,26-27H2,1-2H3,(H,28,29,35,36);1H/t18-,19?;/m0./s1. The van der Waals surface area contributed by atoms with Gasteiger partial charge in [-0.05, 0) is 70.5 Å². The van der Waals surface area contributed by atoms with E-state index in [9.17, 15) is 14.4 Å². The Morgan fingerprint density at radius 2 is 1.81 bits per heavy atom. The van der Waals surface area contributed by atoms with Gasteiger partial charge in [0.1, 0.15) is 5.82 Å². The molecule has 3 aliphatic rings. The number of hydrogen-bond donors (Lipinski definition) is 3. The van der Waals surface area contributed by atoms with Gasteiger partial charge < -0.3 is 26.2 Å². The van der Waals surface area contributed by atoms with Crippen LogP contribution in [0.3, 0.4) is 0 Å². The molecule has 1 unspecified atom stereocenters. The summed E-state index contributed by atoms with van der Waals surface area (Å²) in [5.41, 5.74) is 11.3. The van der Waals surface area contributed by atoms with E-state index in [1.54, 1.807) is 40.5 Å². The lowest BCUT2D eigenvalue weighted by atomic mass is 9.92. The van der Waals surface area contributed by atoms with E-state index in [1.807, 2.05) is 0 Å². The van der Waals surface area contributed by atoms with Gasteiger partial charge in [0.05, 0.1) is 5.54 Å². The third-order valence-corrected chi connectivity index (χ3v) is 7.47. The molecule has 1 aromatic rings. The minimum atomic E-state index is -0.936. The maximum absolute atomic E-state index is 12.7. The molecule has 37 heavy (non-hydrogen) atoms. The number of hydrogen-bond acceptors (Lipinski definition) is 7. The molecule has 2 saturated heterocycles. The smallest absolute Gasteiger partial charge is 0.338 e. The molecule has 12 heteroatoms. The predicted octanol–water partition coefficient (Wildman–Crippen LogP) is 1.00. The van der Waals surface area contributed by atoms with Crippen LogP contribution in [0, 0.1) is 11.8 Å². The first-order chi connectivity index (χ1) is 17.1. The van der Waals surface area contributed by atoms with Gasteiger partial charge in [0, 0.05) is 51.2 Å². The third kappa shape index (κ3) is 7.31. The number of carbonyl (C=O) groups is 2. The van der Waals surface area contributed by atoms with Crippen molar-refractivity contribution in [2.75, 3.05) is 57.7 Å². The van der Waals surface area contributed by atoms with Gasteiger partial charge in [-0.1, -0.05) is 6.08 Å². The molecule has 0 bridgehead atoms. The Balaban J connectivity index is 0.00000380. The first kappa shape index (κ1) is 29.1. The number of piperazine rings is 1. The van der Waals surface area contributed by atoms with Crippen LogP contribution in [0.4, 0.5) is 10.6 Å². The summed E-state index contributed by atoms with van der Waals surface area (Å²) in [6, 6.07) is 1.32. The number of allylic oxidation sites excluding steroid dienone is 2. The summed E-state index contributed by atoms with van der Waals surface area (Å²) >= 11 is 0. The number of halogens is 1. The maximum Gasteiger partial charge on any atom is 0.353 e. The van der Waals surface area contributed by atoms with Crippen LogP contribution in [0.2, 0.25) is 0 Å². The molecule has 206 valence electrons. The average Bonchev–Trinajstić information content (AvgIpc) is 3.31.